The Morgan fingerprint density at radius 3 is 2.06 bits per heavy atom. The molecule has 0 bridgehead atoms. The molecule has 0 atom stereocenters. The van der Waals surface area contributed by atoms with Crippen molar-refractivity contribution in [2.24, 2.45) is 17.8 Å². The largest absolute Gasteiger partial charge is 0.490 e. The van der Waals surface area contributed by atoms with Crippen molar-refractivity contribution in [2.75, 3.05) is 6.61 Å². The van der Waals surface area contributed by atoms with Gasteiger partial charge in [0, 0.05) is 5.39 Å². The standard InChI is InChI=1S/C31H41FO/c1-3-5-6-23-7-9-24(10-8-23)11-12-25-13-15-26(16-14-25)29-19-17-27-22-28(33-21-4-2)18-20-30(27)31(29)32/h3-4,17-20,22-26H,1-2,5-16,21H2. The normalized spacial score (nSPS) is 25.6. The third kappa shape index (κ3) is 6.28. The van der Waals surface area contributed by atoms with E-state index in [4.69, 9.17) is 4.74 Å². The molecule has 2 fully saturated rings. The molecular formula is C31H41FO. The molecule has 0 N–H and O–H groups in total. The van der Waals surface area contributed by atoms with Gasteiger partial charge in [-0.15, -0.1) is 6.58 Å². The summed E-state index contributed by atoms with van der Waals surface area (Å²) in [6.45, 7) is 8.01. The topological polar surface area (TPSA) is 9.23 Å². The molecule has 33 heavy (non-hydrogen) atoms. The summed E-state index contributed by atoms with van der Waals surface area (Å²) in [7, 11) is 0. The van der Waals surface area contributed by atoms with E-state index in [2.05, 4.69) is 25.3 Å². The predicted octanol–water partition coefficient (Wildman–Crippen LogP) is 9.37. The quantitative estimate of drug-likeness (QED) is 0.329. The van der Waals surface area contributed by atoms with E-state index >= 15 is 4.39 Å². The molecule has 0 radical (unpaired) electrons. The van der Waals surface area contributed by atoms with Crippen LogP contribution in [0.4, 0.5) is 4.39 Å². The van der Waals surface area contributed by atoms with Gasteiger partial charge in [-0.1, -0.05) is 69.4 Å². The van der Waals surface area contributed by atoms with E-state index in [1.54, 1.807) is 6.08 Å². The van der Waals surface area contributed by atoms with Gasteiger partial charge in [-0.05, 0) is 91.3 Å². The van der Waals surface area contributed by atoms with Gasteiger partial charge in [-0.25, -0.2) is 4.39 Å². The van der Waals surface area contributed by atoms with E-state index in [0.29, 0.717) is 17.9 Å². The summed E-state index contributed by atoms with van der Waals surface area (Å²) in [4.78, 5) is 0. The molecule has 2 aromatic carbocycles. The summed E-state index contributed by atoms with van der Waals surface area (Å²) in [6.07, 6.45) is 19.6. The van der Waals surface area contributed by atoms with Crippen LogP contribution >= 0.6 is 0 Å². The molecule has 178 valence electrons. The number of benzene rings is 2. The molecule has 0 aromatic heterocycles. The summed E-state index contributed by atoms with van der Waals surface area (Å²) in [5.74, 6) is 3.83. The molecule has 2 heteroatoms. The Labute approximate surface area is 200 Å². The molecule has 2 saturated carbocycles. The van der Waals surface area contributed by atoms with E-state index in [1.165, 1.54) is 64.2 Å². The van der Waals surface area contributed by atoms with Gasteiger partial charge in [-0.2, -0.15) is 0 Å². The Morgan fingerprint density at radius 1 is 0.788 bits per heavy atom. The van der Waals surface area contributed by atoms with Crippen LogP contribution in [-0.4, -0.2) is 6.61 Å². The van der Waals surface area contributed by atoms with Crippen molar-refractivity contribution in [1.82, 2.24) is 0 Å². The first kappa shape index (κ1) is 24.0. The van der Waals surface area contributed by atoms with E-state index < -0.39 is 0 Å². The molecular weight excluding hydrogens is 407 g/mol. The molecule has 2 aromatic rings. The fraction of sp³-hybridized carbons (Fsp3) is 0.548. The van der Waals surface area contributed by atoms with Crippen molar-refractivity contribution in [3.05, 3.63) is 67.0 Å². The minimum atomic E-state index is -0.0283. The lowest BCUT2D eigenvalue weighted by molar-refractivity contribution is 0.225. The minimum Gasteiger partial charge on any atom is -0.490 e. The zero-order chi connectivity index (χ0) is 23.0. The summed E-state index contributed by atoms with van der Waals surface area (Å²) < 4.78 is 21.0. The highest BCUT2D eigenvalue weighted by Gasteiger charge is 2.27. The smallest absolute Gasteiger partial charge is 0.134 e. The van der Waals surface area contributed by atoms with Crippen LogP contribution in [0.1, 0.15) is 88.5 Å². The van der Waals surface area contributed by atoms with Crippen LogP contribution in [0.2, 0.25) is 0 Å². The lowest BCUT2D eigenvalue weighted by Gasteiger charge is -2.32. The van der Waals surface area contributed by atoms with Gasteiger partial charge < -0.3 is 4.74 Å². The van der Waals surface area contributed by atoms with Crippen molar-refractivity contribution in [3.63, 3.8) is 0 Å². The molecule has 0 amide bonds. The lowest BCUT2D eigenvalue weighted by Crippen LogP contribution is -2.18. The highest BCUT2D eigenvalue weighted by Crippen LogP contribution is 2.42. The fourth-order valence-corrected chi connectivity index (χ4v) is 6.24. The number of ether oxygens (including phenoxy) is 1. The van der Waals surface area contributed by atoms with Crippen molar-refractivity contribution >= 4 is 10.8 Å². The fourth-order valence-electron chi connectivity index (χ4n) is 6.24. The summed E-state index contributed by atoms with van der Waals surface area (Å²) in [5, 5.41) is 1.62. The first-order chi connectivity index (χ1) is 16.2. The van der Waals surface area contributed by atoms with Gasteiger partial charge in [0.15, 0.2) is 0 Å². The van der Waals surface area contributed by atoms with Crippen LogP contribution in [0.15, 0.2) is 55.6 Å². The molecule has 0 saturated heterocycles. The van der Waals surface area contributed by atoms with Gasteiger partial charge in [0.2, 0.25) is 0 Å². The van der Waals surface area contributed by atoms with Crippen molar-refractivity contribution in [3.8, 4) is 5.75 Å². The van der Waals surface area contributed by atoms with Crippen LogP contribution in [0.3, 0.4) is 0 Å². The summed E-state index contributed by atoms with van der Waals surface area (Å²) in [5.41, 5.74) is 0.915. The molecule has 2 aliphatic carbocycles. The molecule has 4 rings (SSSR count). The van der Waals surface area contributed by atoms with E-state index in [9.17, 15) is 0 Å². The van der Waals surface area contributed by atoms with Gasteiger partial charge in [0.25, 0.3) is 0 Å². The molecule has 0 heterocycles. The van der Waals surface area contributed by atoms with Crippen LogP contribution in [0, 0.1) is 23.6 Å². The number of fused-ring (bicyclic) bond motifs is 1. The summed E-state index contributed by atoms with van der Waals surface area (Å²) >= 11 is 0. The maximum Gasteiger partial charge on any atom is 0.134 e. The number of rotatable bonds is 10. The first-order valence-electron chi connectivity index (χ1n) is 13.2. The Bertz CT molecular complexity index is 916. The lowest BCUT2D eigenvalue weighted by atomic mass is 9.73. The molecule has 1 nitrogen and oxygen atoms in total. The van der Waals surface area contributed by atoms with Crippen LogP contribution in [0.5, 0.6) is 5.75 Å². The third-order valence-corrected chi connectivity index (χ3v) is 8.34. The highest BCUT2D eigenvalue weighted by molar-refractivity contribution is 5.85. The summed E-state index contributed by atoms with van der Waals surface area (Å²) in [6, 6.07) is 9.74. The predicted molar refractivity (Wildman–Crippen MR) is 138 cm³/mol. The Balaban J connectivity index is 1.26. The SMILES string of the molecule is C=CCCC1CCC(CCC2CCC(c3ccc4cc(OCC=C)ccc4c3F)CC2)CC1. The van der Waals surface area contributed by atoms with Crippen molar-refractivity contribution in [2.45, 2.75) is 83.0 Å². The average molecular weight is 449 g/mol. The number of halogens is 1. The Kier molecular flexibility index (Phi) is 8.64. The zero-order valence-electron chi connectivity index (χ0n) is 20.2. The van der Waals surface area contributed by atoms with Gasteiger partial charge in [-0.3, -0.25) is 0 Å². The van der Waals surface area contributed by atoms with Crippen LogP contribution < -0.4 is 4.74 Å². The third-order valence-electron chi connectivity index (χ3n) is 8.34. The minimum absolute atomic E-state index is 0.0283. The number of hydrogen-bond acceptors (Lipinski definition) is 1. The van der Waals surface area contributed by atoms with Crippen LogP contribution in [0.25, 0.3) is 10.8 Å². The maximum absolute atomic E-state index is 15.4. The van der Waals surface area contributed by atoms with Crippen LogP contribution in [-0.2, 0) is 0 Å². The monoisotopic (exact) mass is 448 g/mol. The molecule has 0 aliphatic heterocycles. The second-order valence-electron chi connectivity index (χ2n) is 10.5. The van der Waals surface area contributed by atoms with Gasteiger partial charge in [0.1, 0.15) is 18.2 Å². The van der Waals surface area contributed by atoms with E-state index in [1.807, 2.05) is 24.3 Å². The van der Waals surface area contributed by atoms with Gasteiger partial charge in [0.05, 0.1) is 0 Å². The van der Waals surface area contributed by atoms with Crippen molar-refractivity contribution in [1.29, 1.82) is 0 Å². The number of hydrogen-bond donors (Lipinski definition) is 0. The Hall–Kier alpha value is -2.09. The highest BCUT2D eigenvalue weighted by atomic mass is 19.1. The first-order valence-corrected chi connectivity index (χ1v) is 13.2. The second-order valence-corrected chi connectivity index (χ2v) is 10.5. The van der Waals surface area contributed by atoms with E-state index in [-0.39, 0.29) is 5.82 Å². The zero-order valence-corrected chi connectivity index (χ0v) is 20.2. The average Bonchev–Trinajstić information content (AvgIpc) is 2.86. The molecule has 2 aliphatic rings. The van der Waals surface area contributed by atoms with Gasteiger partial charge >= 0.3 is 0 Å². The van der Waals surface area contributed by atoms with E-state index in [0.717, 1.165) is 47.3 Å². The number of allylic oxidation sites excluding steroid dienone is 1. The molecule has 0 spiro atoms. The maximum atomic E-state index is 15.4. The Morgan fingerprint density at radius 2 is 1.42 bits per heavy atom. The second kappa shape index (κ2) is 11.9. The molecule has 0 unspecified atom stereocenters. The van der Waals surface area contributed by atoms with Crippen molar-refractivity contribution < 1.29 is 9.13 Å².